The summed E-state index contributed by atoms with van der Waals surface area (Å²) in [5.74, 6) is 0.790. The summed E-state index contributed by atoms with van der Waals surface area (Å²) in [4.78, 5) is 1.48. The number of aromatic nitrogens is 4. The highest BCUT2D eigenvalue weighted by Gasteiger charge is 2.22. The van der Waals surface area contributed by atoms with Gasteiger partial charge in [0.05, 0.1) is 7.05 Å². The predicted octanol–water partition coefficient (Wildman–Crippen LogP) is 0.516. The van der Waals surface area contributed by atoms with Gasteiger partial charge in [-0.15, -0.1) is 10.2 Å². The maximum absolute atomic E-state index is 5.78. The molecule has 0 amide bonds. The first-order valence-electron chi connectivity index (χ1n) is 4.87. The van der Waals surface area contributed by atoms with Crippen LogP contribution in [-0.2, 0) is 13.5 Å². The van der Waals surface area contributed by atoms with Crippen molar-refractivity contribution in [2.45, 2.75) is 39.7 Å². The second kappa shape index (κ2) is 4.04. The van der Waals surface area contributed by atoms with Crippen LogP contribution >= 0.6 is 0 Å². The summed E-state index contributed by atoms with van der Waals surface area (Å²) in [6, 6.07) is 0.210. The maximum Gasteiger partial charge on any atom is 0.175 e. The first-order valence-corrected chi connectivity index (χ1v) is 4.87. The molecule has 0 radical (unpaired) electrons. The molecule has 0 bridgehead atoms. The molecule has 5 heteroatoms. The smallest absolute Gasteiger partial charge is 0.175 e. The molecule has 0 aromatic carbocycles. The van der Waals surface area contributed by atoms with Crippen molar-refractivity contribution in [3.8, 4) is 0 Å². The van der Waals surface area contributed by atoms with Crippen LogP contribution in [0.2, 0.25) is 0 Å². The van der Waals surface area contributed by atoms with E-state index in [1.54, 1.807) is 7.05 Å². The fourth-order valence-corrected chi connectivity index (χ4v) is 1.77. The van der Waals surface area contributed by atoms with Gasteiger partial charge >= 0.3 is 0 Å². The molecule has 2 N–H and O–H groups in total. The van der Waals surface area contributed by atoms with Gasteiger partial charge in [0.1, 0.15) is 0 Å². The van der Waals surface area contributed by atoms with Gasteiger partial charge in [-0.2, -0.15) is 4.80 Å². The molecule has 14 heavy (non-hydrogen) atoms. The van der Waals surface area contributed by atoms with Crippen LogP contribution in [0.3, 0.4) is 0 Å². The van der Waals surface area contributed by atoms with Gasteiger partial charge in [-0.05, 0) is 24.0 Å². The Bertz CT molecular complexity index is 289. The third kappa shape index (κ3) is 3.41. The summed E-state index contributed by atoms with van der Waals surface area (Å²) in [5, 5.41) is 11.9. The Balaban J connectivity index is 2.58. The Kier molecular flexibility index (Phi) is 3.21. The Morgan fingerprint density at radius 1 is 1.50 bits per heavy atom. The van der Waals surface area contributed by atoms with E-state index < -0.39 is 0 Å². The Morgan fingerprint density at radius 2 is 2.14 bits per heavy atom. The monoisotopic (exact) mass is 197 g/mol. The predicted molar refractivity (Wildman–Crippen MR) is 54.5 cm³/mol. The molecule has 0 aliphatic carbocycles. The van der Waals surface area contributed by atoms with Crippen molar-refractivity contribution < 1.29 is 0 Å². The lowest BCUT2D eigenvalue weighted by atomic mass is 9.83. The summed E-state index contributed by atoms with van der Waals surface area (Å²) in [6.07, 6.45) is 1.79. The van der Waals surface area contributed by atoms with Gasteiger partial charge in [0.25, 0.3) is 0 Å². The molecular formula is C9H19N5. The van der Waals surface area contributed by atoms with E-state index in [-0.39, 0.29) is 11.5 Å². The molecule has 80 valence electrons. The quantitative estimate of drug-likeness (QED) is 0.763. The van der Waals surface area contributed by atoms with E-state index in [1.807, 2.05) is 6.92 Å². The highest BCUT2D eigenvalue weighted by molar-refractivity contribution is 4.87. The molecule has 0 aliphatic heterocycles. The minimum atomic E-state index is 0.136. The molecule has 0 saturated carbocycles. The first kappa shape index (κ1) is 11.1. The van der Waals surface area contributed by atoms with E-state index in [0.29, 0.717) is 0 Å². The van der Waals surface area contributed by atoms with Crippen LogP contribution in [-0.4, -0.2) is 26.2 Å². The minimum absolute atomic E-state index is 0.136. The number of hydrogen-bond donors (Lipinski definition) is 1. The standard InChI is InChI=1S/C9H19N5/c1-7(10)5-9(2,3)6-8-11-13-14(4)12-8/h7H,5-6,10H2,1-4H3. The molecule has 1 heterocycles. The van der Waals surface area contributed by atoms with Gasteiger partial charge in [-0.3, -0.25) is 0 Å². The fraction of sp³-hybridized carbons (Fsp3) is 0.889. The second-order valence-electron chi connectivity index (χ2n) is 4.72. The highest BCUT2D eigenvalue weighted by atomic mass is 15.6. The topological polar surface area (TPSA) is 69.6 Å². The molecule has 1 aromatic rings. The van der Waals surface area contributed by atoms with Crippen molar-refractivity contribution in [3.05, 3.63) is 5.82 Å². The minimum Gasteiger partial charge on any atom is -0.328 e. The average Bonchev–Trinajstić information content (AvgIpc) is 2.30. The third-order valence-electron chi connectivity index (χ3n) is 2.06. The van der Waals surface area contributed by atoms with Crippen molar-refractivity contribution >= 4 is 0 Å². The van der Waals surface area contributed by atoms with Crippen molar-refractivity contribution in [1.82, 2.24) is 20.2 Å². The Hall–Kier alpha value is -0.970. The third-order valence-corrected chi connectivity index (χ3v) is 2.06. The lowest BCUT2D eigenvalue weighted by Crippen LogP contribution is -2.27. The number of tetrazole rings is 1. The molecule has 0 saturated heterocycles. The van der Waals surface area contributed by atoms with Gasteiger partial charge in [-0.1, -0.05) is 13.8 Å². The summed E-state index contributed by atoms with van der Waals surface area (Å²) < 4.78 is 0. The van der Waals surface area contributed by atoms with E-state index in [4.69, 9.17) is 5.73 Å². The van der Waals surface area contributed by atoms with E-state index in [2.05, 4.69) is 29.3 Å². The molecule has 0 fully saturated rings. The van der Waals surface area contributed by atoms with Gasteiger partial charge in [0, 0.05) is 12.5 Å². The molecular weight excluding hydrogens is 178 g/mol. The fourth-order valence-electron chi connectivity index (χ4n) is 1.77. The van der Waals surface area contributed by atoms with Gasteiger partial charge < -0.3 is 5.73 Å². The highest BCUT2D eigenvalue weighted by Crippen LogP contribution is 2.25. The summed E-state index contributed by atoms with van der Waals surface area (Å²) >= 11 is 0. The van der Waals surface area contributed by atoms with Crippen LogP contribution in [0.5, 0.6) is 0 Å². The van der Waals surface area contributed by atoms with E-state index in [1.165, 1.54) is 4.80 Å². The van der Waals surface area contributed by atoms with Crippen molar-refractivity contribution in [3.63, 3.8) is 0 Å². The molecule has 1 atom stereocenters. The van der Waals surface area contributed by atoms with E-state index >= 15 is 0 Å². The molecule has 5 nitrogen and oxygen atoms in total. The molecule has 1 unspecified atom stereocenters. The number of aryl methyl sites for hydroxylation is 1. The maximum atomic E-state index is 5.78. The summed E-state index contributed by atoms with van der Waals surface area (Å²) in [6.45, 7) is 6.37. The summed E-state index contributed by atoms with van der Waals surface area (Å²) in [5.41, 5.74) is 5.91. The first-order chi connectivity index (χ1) is 6.39. The molecule has 1 rings (SSSR count). The number of hydrogen-bond acceptors (Lipinski definition) is 4. The van der Waals surface area contributed by atoms with Crippen LogP contribution in [0.25, 0.3) is 0 Å². The van der Waals surface area contributed by atoms with Crippen molar-refractivity contribution in [2.75, 3.05) is 0 Å². The van der Waals surface area contributed by atoms with Gasteiger partial charge in [-0.25, -0.2) is 0 Å². The lowest BCUT2D eigenvalue weighted by molar-refractivity contribution is 0.303. The van der Waals surface area contributed by atoms with Crippen LogP contribution in [0, 0.1) is 5.41 Å². The van der Waals surface area contributed by atoms with Gasteiger partial charge in [0.2, 0.25) is 0 Å². The van der Waals surface area contributed by atoms with Gasteiger partial charge in [0.15, 0.2) is 5.82 Å². The molecule has 0 spiro atoms. The van der Waals surface area contributed by atoms with E-state index in [0.717, 1.165) is 18.7 Å². The molecule has 0 aliphatic rings. The van der Waals surface area contributed by atoms with Crippen LogP contribution in [0.1, 0.15) is 33.0 Å². The number of nitrogens with zero attached hydrogens (tertiary/aromatic N) is 4. The van der Waals surface area contributed by atoms with Crippen LogP contribution < -0.4 is 5.73 Å². The van der Waals surface area contributed by atoms with Crippen LogP contribution in [0.4, 0.5) is 0 Å². The zero-order chi connectivity index (χ0) is 10.8. The Labute approximate surface area is 84.7 Å². The van der Waals surface area contributed by atoms with Crippen molar-refractivity contribution in [1.29, 1.82) is 0 Å². The lowest BCUT2D eigenvalue weighted by Gasteiger charge is -2.24. The summed E-state index contributed by atoms with van der Waals surface area (Å²) in [7, 11) is 1.77. The number of rotatable bonds is 4. The normalized spacial score (nSPS) is 14.4. The molecule has 1 aromatic heterocycles. The largest absolute Gasteiger partial charge is 0.328 e. The SMILES string of the molecule is CC(N)CC(C)(C)Cc1nnn(C)n1. The van der Waals surface area contributed by atoms with E-state index in [9.17, 15) is 0 Å². The zero-order valence-electron chi connectivity index (χ0n) is 9.36. The Morgan fingerprint density at radius 3 is 2.57 bits per heavy atom. The van der Waals surface area contributed by atoms with Crippen molar-refractivity contribution in [2.24, 2.45) is 18.2 Å². The second-order valence-corrected chi connectivity index (χ2v) is 4.72. The van der Waals surface area contributed by atoms with Crippen LogP contribution in [0.15, 0.2) is 0 Å². The number of nitrogens with two attached hydrogens (primary N) is 1. The average molecular weight is 197 g/mol. The zero-order valence-corrected chi connectivity index (χ0v) is 9.36.